The number of rotatable bonds is 9. The Kier molecular flexibility index (Phi) is 11.6. The maximum Gasteiger partial charge on any atom is 0.418 e. The fraction of sp³-hybridized carbons (Fsp3) is 0.515. The van der Waals surface area contributed by atoms with Gasteiger partial charge in [0.2, 0.25) is 0 Å². The fourth-order valence-corrected chi connectivity index (χ4v) is 6.95. The van der Waals surface area contributed by atoms with E-state index in [2.05, 4.69) is 10.6 Å². The van der Waals surface area contributed by atoms with E-state index in [-0.39, 0.29) is 61.4 Å². The van der Waals surface area contributed by atoms with Gasteiger partial charge in [0.05, 0.1) is 16.3 Å². The van der Waals surface area contributed by atoms with Crippen molar-refractivity contribution in [3.05, 3.63) is 58.1 Å². The van der Waals surface area contributed by atoms with Crippen molar-refractivity contribution in [1.82, 2.24) is 20.0 Å². The van der Waals surface area contributed by atoms with Crippen LogP contribution in [0.4, 0.5) is 34.1 Å². The molecular weight excluding hydrogens is 683 g/mol. The zero-order valence-electron chi connectivity index (χ0n) is 27.3. The average Bonchev–Trinajstić information content (AvgIpc) is 3.25. The summed E-state index contributed by atoms with van der Waals surface area (Å²) in [4.78, 5) is 56.4. The molecule has 2 atom stereocenters. The molecule has 3 aliphatic heterocycles. The van der Waals surface area contributed by atoms with Crippen LogP contribution < -0.4 is 22.1 Å². The van der Waals surface area contributed by atoms with Crippen LogP contribution in [0.2, 0.25) is 5.02 Å². The largest absolute Gasteiger partial charge is 0.480 e. The smallest absolute Gasteiger partial charge is 0.418 e. The number of urea groups is 1. The van der Waals surface area contributed by atoms with Gasteiger partial charge >= 0.3 is 24.3 Å². The van der Waals surface area contributed by atoms with Crippen molar-refractivity contribution in [1.29, 1.82) is 0 Å². The molecule has 7 N–H and O–H groups in total. The van der Waals surface area contributed by atoms with Gasteiger partial charge in [-0.15, -0.1) is 0 Å². The Morgan fingerprint density at radius 1 is 1.04 bits per heavy atom. The van der Waals surface area contributed by atoms with Crippen LogP contribution in [-0.2, 0) is 33.3 Å². The van der Waals surface area contributed by atoms with Crippen molar-refractivity contribution in [2.75, 3.05) is 50.3 Å². The van der Waals surface area contributed by atoms with Crippen molar-refractivity contribution >= 4 is 47.0 Å². The Labute approximate surface area is 292 Å². The van der Waals surface area contributed by atoms with E-state index in [1.807, 2.05) is 24.3 Å². The van der Waals surface area contributed by atoms with Gasteiger partial charge < -0.3 is 46.6 Å². The number of carboxylic acids is 1. The quantitative estimate of drug-likeness (QED) is 0.242. The number of hydrogen-bond donors (Lipinski definition) is 5. The molecule has 2 fully saturated rings. The first-order valence-electron chi connectivity index (χ1n) is 16.5. The molecule has 13 nitrogen and oxygen atoms in total. The number of ether oxygens (including phenoxy) is 1. The standard InChI is InChI=1S/C33H41ClF3N7O6/c34-24-16-19(15-23(28(24)39)33(35,36)37)17-27(29(45)42-10-6-21(7-11-42)40-26(18-38)30(46)47)50-32(49)43-12-8-22(9-13-43)44-14-5-20-3-1-2-4-25(20)41-31(44)48/h1-4,15-16,21-22,26-27,40H,5-14,17-18,38-39H2,(H,41,48)(H,46,47)/t26-,27+/m0/s1. The van der Waals surface area contributed by atoms with E-state index in [0.717, 1.165) is 17.3 Å². The summed E-state index contributed by atoms with van der Waals surface area (Å²) in [6, 6.07) is 8.04. The monoisotopic (exact) mass is 723 g/mol. The van der Waals surface area contributed by atoms with Crippen LogP contribution in [0.15, 0.2) is 36.4 Å². The van der Waals surface area contributed by atoms with E-state index in [1.54, 1.807) is 4.90 Å². The molecule has 0 aliphatic carbocycles. The first-order valence-corrected chi connectivity index (χ1v) is 16.9. The third kappa shape index (κ3) is 8.71. The van der Waals surface area contributed by atoms with Gasteiger partial charge in [0.15, 0.2) is 6.10 Å². The molecule has 0 spiro atoms. The Morgan fingerprint density at radius 2 is 1.70 bits per heavy atom. The highest BCUT2D eigenvalue weighted by atomic mass is 35.5. The predicted octanol–water partition coefficient (Wildman–Crippen LogP) is 3.54. The maximum absolute atomic E-state index is 13.8. The summed E-state index contributed by atoms with van der Waals surface area (Å²) in [5.74, 6) is -1.70. The molecule has 4 amide bonds. The van der Waals surface area contributed by atoms with Gasteiger partial charge in [-0.1, -0.05) is 29.8 Å². The van der Waals surface area contributed by atoms with Crippen molar-refractivity contribution in [3.63, 3.8) is 0 Å². The van der Waals surface area contributed by atoms with E-state index < -0.39 is 54.0 Å². The van der Waals surface area contributed by atoms with E-state index in [9.17, 15) is 37.5 Å². The molecule has 0 radical (unpaired) electrons. The molecule has 2 saturated heterocycles. The first kappa shape index (κ1) is 37.0. The van der Waals surface area contributed by atoms with E-state index in [1.165, 1.54) is 15.9 Å². The van der Waals surface area contributed by atoms with Crippen molar-refractivity contribution in [2.45, 2.75) is 68.9 Å². The minimum Gasteiger partial charge on any atom is -0.480 e. The van der Waals surface area contributed by atoms with Crippen LogP contribution in [0.3, 0.4) is 0 Å². The summed E-state index contributed by atoms with van der Waals surface area (Å²) in [6.45, 7) is 1.23. The van der Waals surface area contributed by atoms with Gasteiger partial charge in [0.1, 0.15) is 6.04 Å². The molecule has 0 saturated carbocycles. The topological polar surface area (TPSA) is 184 Å². The second kappa shape index (κ2) is 15.7. The number of carboxylic acid groups (broad SMARTS) is 1. The number of nitrogen functional groups attached to an aromatic ring is 1. The molecule has 2 aromatic rings. The minimum absolute atomic E-state index is 0.00152. The zero-order chi connectivity index (χ0) is 36.2. The third-order valence-electron chi connectivity index (χ3n) is 9.52. The van der Waals surface area contributed by atoms with Crippen LogP contribution in [0.5, 0.6) is 0 Å². The first-order chi connectivity index (χ1) is 23.7. The molecular formula is C33H41ClF3N7O6. The molecule has 0 unspecified atom stereocenters. The predicted molar refractivity (Wildman–Crippen MR) is 179 cm³/mol. The number of hydrogen-bond acceptors (Lipinski definition) is 8. The highest BCUT2D eigenvalue weighted by Crippen LogP contribution is 2.38. The SMILES string of the molecule is NC[C@H](NC1CCN(C(=O)[C@@H](Cc2cc(Cl)c(N)c(C(F)(F)F)c2)OC(=O)N2CCC(N3CCc4ccccc4NC3=O)CC2)CC1)C(=O)O. The molecule has 50 heavy (non-hydrogen) atoms. The molecule has 3 heterocycles. The molecule has 0 aromatic heterocycles. The van der Waals surface area contributed by atoms with Crippen LogP contribution in [0.1, 0.15) is 42.4 Å². The number of anilines is 2. The number of likely N-dealkylation sites (tertiary alicyclic amines) is 2. The van der Waals surface area contributed by atoms with Gasteiger partial charge in [0.25, 0.3) is 5.91 Å². The van der Waals surface area contributed by atoms with Gasteiger partial charge in [-0.3, -0.25) is 9.59 Å². The van der Waals surface area contributed by atoms with Gasteiger partial charge in [-0.2, -0.15) is 13.2 Å². The van der Waals surface area contributed by atoms with Gasteiger partial charge in [-0.05, 0) is 61.4 Å². The lowest BCUT2D eigenvalue weighted by molar-refractivity contribution is -0.143. The number of alkyl halides is 3. The zero-order valence-corrected chi connectivity index (χ0v) is 28.0. The fourth-order valence-electron chi connectivity index (χ4n) is 6.71. The van der Waals surface area contributed by atoms with Gasteiger partial charge in [-0.25, -0.2) is 9.59 Å². The second-order valence-electron chi connectivity index (χ2n) is 12.8. The van der Waals surface area contributed by atoms with E-state index in [4.69, 9.17) is 27.8 Å². The molecule has 272 valence electrons. The van der Waals surface area contributed by atoms with Gasteiger partial charge in [0, 0.05) is 63.5 Å². The van der Waals surface area contributed by atoms with Crippen LogP contribution >= 0.6 is 11.6 Å². The Hall–Kier alpha value is -4.28. The number of amides is 4. The number of nitrogens with one attached hydrogen (secondary N) is 2. The minimum atomic E-state index is -4.82. The number of para-hydroxylation sites is 1. The van der Waals surface area contributed by atoms with Crippen LogP contribution in [0, 0.1) is 0 Å². The van der Waals surface area contributed by atoms with E-state index in [0.29, 0.717) is 38.6 Å². The number of benzene rings is 2. The average molecular weight is 724 g/mol. The number of fused-ring (bicyclic) bond motifs is 1. The summed E-state index contributed by atoms with van der Waals surface area (Å²) in [5.41, 5.74) is 11.1. The number of nitrogens with two attached hydrogens (primary N) is 2. The summed E-state index contributed by atoms with van der Waals surface area (Å²) < 4.78 is 47.0. The molecule has 2 aromatic carbocycles. The molecule has 3 aliphatic rings. The molecule has 17 heteroatoms. The Bertz CT molecular complexity index is 1580. The van der Waals surface area contributed by atoms with Crippen molar-refractivity contribution in [2.24, 2.45) is 5.73 Å². The second-order valence-corrected chi connectivity index (χ2v) is 13.2. The highest BCUT2D eigenvalue weighted by Gasteiger charge is 2.38. The maximum atomic E-state index is 13.8. The lowest BCUT2D eigenvalue weighted by Gasteiger charge is -2.38. The normalized spacial score (nSPS) is 18.9. The Morgan fingerprint density at radius 3 is 2.34 bits per heavy atom. The number of nitrogens with zero attached hydrogens (tertiary/aromatic N) is 3. The van der Waals surface area contributed by atoms with Crippen molar-refractivity contribution in [3.8, 4) is 0 Å². The Balaban J connectivity index is 1.26. The summed E-state index contributed by atoms with van der Waals surface area (Å²) in [7, 11) is 0. The van der Waals surface area contributed by atoms with Crippen LogP contribution in [0.25, 0.3) is 0 Å². The lowest BCUT2D eigenvalue weighted by Crippen LogP contribution is -2.54. The number of carbonyl (C=O) groups excluding carboxylic acids is 3. The highest BCUT2D eigenvalue weighted by molar-refractivity contribution is 6.33. The molecule has 0 bridgehead atoms. The summed E-state index contributed by atoms with van der Waals surface area (Å²) >= 11 is 6.05. The summed E-state index contributed by atoms with van der Waals surface area (Å²) in [5, 5.41) is 14.9. The number of halogens is 4. The summed E-state index contributed by atoms with van der Waals surface area (Å²) in [6.07, 6.45) is -5.16. The van der Waals surface area contributed by atoms with Crippen molar-refractivity contribution < 1.29 is 42.2 Å². The number of piperidine rings is 2. The van der Waals surface area contributed by atoms with E-state index >= 15 is 0 Å². The third-order valence-corrected chi connectivity index (χ3v) is 9.83. The van der Waals surface area contributed by atoms with Crippen LogP contribution in [-0.4, -0.2) is 107 Å². The molecule has 5 rings (SSSR count). The number of aliphatic carboxylic acids is 1. The lowest BCUT2D eigenvalue weighted by atomic mass is 10.00. The number of carbonyl (C=O) groups is 4.